The van der Waals surface area contributed by atoms with Gasteiger partial charge < -0.3 is 4.90 Å². The molecule has 0 aromatic heterocycles. The van der Waals surface area contributed by atoms with Crippen molar-refractivity contribution in [3.05, 3.63) is 0 Å². The minimum absolute atomic E-state index is 0.411. The van der Waals surface area contributed by atoms with Crippen LogP contribution < -0.4 is 0 Å². The first-order valence-corrected chi connectivity index (χ1v) is 3.55. The summed E-state index contributed by atoms with van der Waals surface area (Å²) in [6.45, 7) is 2.30. The summed E-state index contributed by atoms with van der Waals surface area (Å²) in [6.07, 6.45) is 2.47. The van der Waals surface area contributed by atoms with Crippen LogP contribution in [0.4, 0.5) is 0 Å². The molecule has 1 atom stereocenters. The van der Waals surface area contributed by atoms with E-state index in [0.717, 1.165) is 6.54 Å². The zero-order valence-corrected chi connectivity index (χ0v) is 5.99. The third kappa shape index (κ3) is 1.64. The quantitative estimate of drug-likeness (QED) is 0.451. The average Bonchev–Trinajstić information content (AvgIpc) is 1.64. The Morgan fingerprint density at radius 3 is 2.75 bits per heavy atom. The summed E-state index contributed by atoms with van der Waals surface area (Å²) in [7, 11) is 2.12. The molecule has 1 nitrogen and oxygen atoms in total. The molecule has 1 saturated heterocycles. The highest BCUT2D eigenvalue weighted by atomic mass is 35.5. The Morgan fingerprint density at radius 2 is 2.38 bits per heavy atom. The first-order valence-electron chi connectivity index (χ1n) is 3.11. The predicted octanol–water partition coefficient (Wildman–Crippen LogP) is 1.32. The molecule has 2 heteroatoms. The van der Waals surface area contributed by atoms with Gasteiger partial charge in [-0.1, -0.05) is 0 Å². The Kier molecular flexibility index (Phi) is 2.15. The summed E-state index contributed by atoms with van der Waals surface area (Å²) < 4.78 is 0. The molecule has 48 valence electrons. The molecule has 0 spiro atoms. The van der Waals surface area contributed by atoms with Gasteiger partial charge in [-0.15, -0.1) is 11.6 Å². The molecule has 8 heavy (non-hydrogen) atoms. The molecule has 0 N–H and O–H groups in total. The molecule has 1 aliphatic rings. The molecule has 0 saturated carbocycles. The van der Waals surface area contributed by atoms with Crippen LogP contribution in [0, 0.1) is 0 Å². The molecule has 0 aliphatic carbocycles. The maximum Gasteiger partial charge on any atom is 0.0463 e. The fourth-order valence-corrected chi connectivity index (χ4v) is 1.49. The lowest BCUT2D eigenvalue weighted by Gasteiger charge is -2.25. The van der Waals surface area contributed by atoms with E-state index < -0.39 is 0 Å². The number of nitrogens with zero attached hydrogens (tertiary/aromatic N) is 1. The van der Waals surface area contributed by atoms with Gasteiger partial charge in [0, 0.05) is 11.9 Å². The zero-order valence-electron chi connectivity index (χ0n) is 5.23. The highest BCUT2D eigenvalue weighted by molar-refractivity contribution is 6.20. The van der Waals surface area contributed by atoms with E-state index in [1.807, 2.05) is 0 Å². The van der Waals surface area contributed by atoms with Crippen LogP contribution >= 0.6 is 11.6 Å². The smallest absolute Gasteiger partial charge is 0.0463 e. The van der Waals surface area contributed by atoms with E-state index in [1.54, 1.807) is 0 Å². The van der Waals surface area contributed by atoms with Gasteiger partial charge in [-0.2, -0.15) is 0 Å². The summed E-state index contributed by atoms with van der Waals surface area (Å²) in [5.41, 5.74) is 0. The van der Waals surface area contributed by atoms with E-state index in [1.165, 1.54) is 19.4 Å². The Labute approximate surface area is 55.6 Å². The fourth-order valence-electron chi connectivity index (χ4n) is 1.10. The normalized spacial score (nSPS) is 33.0. The number of hydrogen-bond donors (Lipinski definition) is 0. The Balaban J connectivity index is 2.23. The molecule has 1 fully saturated rings. The van der Waals surface area contributed by atoms with Crippen molar-refractivity contribution in [1.82, 2.24) is 4.90 Å². The second-order valence-electron chi connectivity index (χ2n) is 2.50. The third-order valence-electron chi connectivity index (χ3n) is 1.57. The molecule has 0 bridgehead atoms. The second-order valence-corrected chi connectivity index (χ2v) is 3.12. The van der Waals surface area contributed by atoms with Crippen LogP contribution in [0.15, 0.2) is 0 Å². The molecule has 1 unspecified atom stereocenters. The topological polar surface area (TPSA) is 3.24 Å². The maximum atomic E-state index is 5.87. The lowest BCUT2D eigenvalue weighted by molar-refractivity contribution is 0.281. The van der Waals surface area contributed by atoms with Gasteiger partial charge in [0.15, 0.2) is 0 Å². The van der Waals surface area contributed by atoms with Crippen LogP contribution in [0.3, 0.4) is 0 Å². The average molecular weight is 134 g/mol. The van der Waals surface area contributed by atoms with Crippen molar-refractivity contribution in [2.24, 2.45) is 0 Å². The molecule has 0 aromatic carbocycles. The SMILES string of the molecule is CN1CCCC(Cl)C1. The van der Waals surface area contributed by atoms with E-state index in [-0.39, 0.29) is 0 Å². The molecule has 0 aromatic rings. The van der Waals surface area contributed by atoms with Crippen molar-refractivity contribution < 1.29 is 0 Å². The highest BCUT2D eigenvalue weighted by Gasteiger charge is 2.13. The summed E-state index contributed by atoms with van der Waals surface area (Å²) in [5.74, 6) is 0. The predicted molar refractivity (Wildman–Crippen MR) is 36.4 cm³/mol. The molecule has 1 heterocycles. The lowest BCUT2D eigenvalue weighted by Crippen LogP contribution is -2.32. The standard InChI is InChI=1S/C6H12ClN/c1-8-4-2-3-6(7)5-8/h6H,2-5H2,1H3. The van der Waals surface area contributed by atoms with Crippen molar-refractivity contribution in [3.8, 4) is 0 Å². The van der Waals surface area contributed by atoms with Gasteiger partial charge in [-0.3, -0.25) is 0 Å². The number of piperidine rings is 1. The van der Waals surface area contributed by atoms with Gasteiger partial charge in [-0.05, 0) is 26.4 Å². The Hall–Kier alpha value is 0.250. The second kappa shape index (κ2) is 2.70. The number of rotatable bonds is 0. The molecular weight excluding hydrogens is 122 g/mol. The number of halogens is 1. The Morgan fingerprint density at radius 1 is 1.62 bits per heavy atom. The van der Waals surface area contributed by atoms with Crippen molar-refractivity contribution in [2.75, 3.05) is 20.1 Å². The largest absolute Gasteiger partial charge is 0.305 e. The molecule has 0 amide bonds. The van der Waals surface area contributed by atoms with Gasteiger partial charge in [0.2, 0.25) is 0 Å². The molecule has 1 aliphatic heterocycles. The first kappa shape index (κ1) is 6.37. The molecule has 0 radical (unpaired) electrons. The first-order chi connectivity index (χ1) is 3.79. The summed E-state index contributed by atoms with van der Waals surface area (Å²) >= 11 is 5.87. The van der Waals surface area contributed by atoms with E-state index in [0.29, 0.717) is 5.38 Å². The van der Waals surface area contributed by atoms with Gasteiger partial charge in [0.1, 0.15) is 0 Å². The summed E-state index contributed by atoms with van der Waals surface area (Å²) in [6, 6.07) is 0. The van der Waals surface area contributed by atoms with Crippen LogP contribution in [0.2, 0.25) is 0 Å². The van der Waals surface area contributed by atoms with Crippen LogP contribution in [0.25, 0.3) is 0 Å². The van der Waals surface area contributed by atoms with Gasteiger partial charge in [0.05, 0.1) is 0 Å². The van der Waals surface area contributed by atoms with E-state index >= 15 is 0 Å². The minimum atomic E-state index is 0.411. The molecule has 1 rings (SSSR count). The molecular formula is C6H12ClN. The number of alkyl halides is 1. The maximum absolute atomic E-state index is 5.87. The van der Waals surface area contributed by atoms with Crippen molar-refractivity contribution in [3.63, 3.8) is 0 Å². The fraction of sp³-hybridized carbons (Fsp3) is 1.00. The van der Waals surface area contributed by atoms with Gasteiger partial charge >= 0.3 is 0 Å². The summed E-state index contributed by atoms with van der Waals surface area (Å²) in [5, 5.41) is 0.411. The van der Waals surface area contributed by atoms with E-state index in [4.69, 9.17) is 11.6 Å². The highest BCUT2D eigenvalue weighted by Crippen LogP contribution is 2.12. The third-order valence-corrected chi connectivity index (χ3v) is 1.92. The van der Waals surface area contributed by atoms with Crippen molar-refractivity contribution in [1.29, 1.82) is 0 Å². The Bertz CT molecular complexity index is 66.9. The zero-order chi connectivity index (χ0) is 5.98. The summed E-state index contributed by atoms with van der Waals surface area (Å²) in [4.78, 5) is 2.28. The number of likely N-dealkylation sites (tertiary alicyclic amines) is 1. The lowest BCUT2D eigenvalue weighted by atomic mass is 10.1. The van der Waals surface area contributed by atoms with Gasteiger partial charge in [-0.25, -0.2) is 0 Å². The van der Waals surface area contributed by atoms with Crippen LogP contribution in [-0.4, -0.2) is 30.4 Å². The van der Waals surface area contributed by atoms with Gasteiger partial charge in [0.25, 0.3) is 0 Å². The van der Waals surface area contributed by atoms with Crippen LogP contribution in [0.5, 0.6) is 0 Å². The van der Waals surface area contributed by atoms with Crippen LogP contribution in [-0.2, 0) is 0 Å². The van der Waals surface area contributed by atoms with E-state index in [9.17, 15) is 0 Å². The van der Waals surface area contributed by atoms with Crippen molar-refractivity contribution >= 4 is 11.6 Å². The van der Waals surface area contributed by atoms with Crippen LogP contribution in [0.1, 0.15) is 12.8 Å². The van der Waals surface area contributed by atoms with Crippen molar-refractivity contribution in [2.45, 2.75) is 18.2 Å². The monoisotopic (exact) mass is 133 g/mol. The van der Waals surface area contributed by atoms with E-state index in [2.05, 4.69) is 11.9 Å². The minimum Gasteiger partial charge on any atom is -0.305 e. The number of hydrogen-bond acceptors (Lipinski definition) is 1.